The summed E-state index contributed by atoms with van der Waals surface area (Å²) in [7, 11) is 0. The Bertz CT molecular complexity index is 1610. The Morgan fingerprint density at radius 2 is 1.70 bits per heavy atom. The summed E-state index contributed by atoms with van der Waals surface area (Å²) >= 11 is 1.14. The van der Waals surface area contributed by atoms with Gasteiger partial charge in [-0.05, 0) is 48.4 Å². The Morgan fingerprint density at radius 3 is 2.48 bits per heavy atom. The molecular formula is C26H19N3O3S. The second kappa shape index (κ2) is 8.80. The third-order valence-corrected chi connectivity index (χ3v) is 6.04. The van der Waals surface area contributed by atoms with Gasteiger partial charge in [-0.2, -0.15) is 14.6 Å². The van der Waals surface area contributed by atoms with Gasteiger partial charge in [-0.25, -0.2) is 0 Å². The summed E-state index contributed by atoms with van der Waals surface area (Å²) in [4.78, 5) is 29.9. The van der Waals surface area contributed by atoms with Crippen molar-refractivity contribution in [3.63, 3.8) is 0 Å². The van der Waals surface area contributed by atoms with E-state index in [-0.39, 0.29) is 16.2 Å². The Balaban J connectivity index is 1.49. The summed E-state index contributed by atoms with van der Waals surface area (Å²) in [5.41, 5.74) is 2.40. The van der Waals surface area contributed by atoms with E-state index in [0.29, 0.717) is 16.7 Å². The highest BCUT2D eigenvalue weighted by molar-refractivity contribution is 7.15. The molecule has 7 heteroatoms. The zero-order valence-electron chi connectivity index (χ0n) is 17.8. The number of hydrogen-bond donors (Lipinski definition) is 0. The highest BCUT2D eigenvalue weighted by atomic mass is 32.1. The van der Waals surface area contributed by atoms with Gasteiger partial charge >= 0.3 is 0 Å². The molecule has 0 aliphatic rings. The van der Waals surface area contributed by atoms with Gasteiger partial charge in [-0.15, -0.1) is 0 Å². The number of para-hydroxylation sites is 1. The molecule has 5 rings (SSSR count). The quantitative estimate of drug-likeness (QED) is 0.405. The van der Waals surface area contributed by atoms with E-state index in [0.717, 1.165) is 33.8 Å². The first kappa shape index (κ1) is 20.8. The number of rotatable bonds is 5. The third kappa shape index (κ3) is 4.58. The van der Waals surface area contributed by atoms with Gasteiger partial charge in [0.2, 0.25) is 4.96 Å². The monoisotopic (exact) mass is 453 g/mol. The highest BCUT2D eigenvalue weighted by Gasteiger charge is 2.12. The number of nitrogens with zero attached hydrogens (tertiary/aromatic N) is 3. The molecule has 0 aliphatic carbocycles. The predicted molar refractivity (Wildman–Crippen MR) is 129 cm³/mol. The van der Waals surface area contributed by atoms with Crippen LogP contribution in [0.15, 0.2) is 88.5 Å². The summed E-state index contributed by atoms with van der Waals surface area (Å²) in [6, 6.07) is 24.8. The summed E-state index contributed by atoms with van der Waals surface area (Å²) in [5.74, 6) is 1.39. The van der Waals surface area contributed by atoms with Crippen LogP contribution in [-0.4, -0.2) is 14.6 Å². The minimum Gasteiger partial charge on any atom is -0.457 e. The number of benzene rings is 3. The van der Waals surface area contributed by atoms with E-state index in [4.69, 9.17) is 4.74 Å². The standard InChI is InChI=1S/C26H19N3O3S/c1-17-10-12-18(13-11-17)15-22-24(30)27-26-29(28-22)25(31)23(33-26)16-19-6-5-9-21(14-19)32-20-7-3-2-4-8-20/h2-14,16H,15H2,1H3. The topological polar surface area (TPSA) is 73.6 Å². The van der Waals surface area contributed by atoms with Gasteiger partial charge in [0.05, 0.1) is 4.53 Å². The van der Waals surface area contributed by atoms with Crippen LogP contribution in [0.4, 0.5) is 0 Å². The van der Waals surface area contributed by atoms with Crippen LogP contribution in [0.5, 0.6) is 11.5 Å². The van der Waals surface area contributed by atoms with Crippen molar-refractivity contribution in [1.82, 2.24) is 14.6 Å². The maximum absolute atomic E-state index is 13.0. The molecule has 5 aromatic rings. The van der Waals surface area contributed by atoms with Crippen LogP contribution in [0.2, 0.25) is 0 Å². The Labute approximate surface area is 193 Å². The molecule has 0 radical (unpaired) electrons. The number of fused-ring (bicyclic) bond motifs is 1. The van der Waals surface area contributed by atoms with Crippen LogP contribution in [0.1, 0.15) is 22.4 Å². The number of thiazole rings is 1. The van der Waals surface area contributed by atoms with E-state index in [9.17, 15) is 9.59 Å². The van der Waals surface area contributed by atoms with Gasteiger partial charge in [0, 0.05) is 6.42 Å². The van der Waals surface area contributed by atoms with Gasteiger partial charge in [0.25, 0.3) is 11.1 Å². The molecule has 0 unspecified atom stereocenters. The molecule has 162 valence electrons. The molecule has 0 aliphatic heterocycles. The number of aryl methyl sites for hydroxylation is 1. The van der Waals surface area contributed by atoms with Crippen LogP contribution in [0, 0.1) is 6.92 Å². The molecule has 0 saturated heterocycles. The fourth-order valence-corrected chi connectivity index (χ4v) is 4.30. The third-order valence-electron chi connectivity index (χ3n) is 5.08. The maximum atomic E-state index is 13.0. The zero-order valence-corrected chi connectivity index (χ0v) is 18.6. The summed E-state index contributed by atoms with van der Waals surface area (Å²) in [6.45, 7) is 2.00. The van der Waals surface area contributed by atoms with Gasteiger partial charge in [-0.1, -0.05) is 71.5 Å². The van der Waals surface area contributed by atoms with Crippen LogP contribution in [0.3, 0.4) is 0 Å². The van der Waals surface area contributed by atoms with E-state index in [2.05, 4.69) is 10.1 Å². The van der Waals surface area contributed by atoms with Gasteiger partial charge in [0.1, 0.15) is 17.2 Å². The molecule has 2 heterocycles. The highest BCUT2D eigenvalue weighted by Crippen LogP contribution is 2.22. The van der Waals surface area contributed by atoms with Crippen molar-refractivity contribution in [3.05, 3.63) is 126 Å². The molecule has 3 aromatic carbocycles. The van der Waals surface area contributed by atoms with Gasteiger partial charge < -0.3 is 4.74 Å². The first-order valence-corrected chi connectivity index (χ1v) is 11.2. The van der Waals surface area contributed by atoms with Crippen molar-refractivity contribution >= 4 is 22.4 Å². The molecule has 2 aromatic heterocycles. The molecule has 0 fully saturated rings. The Kier molecular flexibility index (Phi) is 5.54. The van der Waals surface area contributed by atoms with Crippen LogP contribution in [-0.2, 0) is 6.42 Å². The molecule has 33 heavy (non-hydrogen) atoms. The average Bonchev–Trinajstić information content (AvgIpc) is 3.10. The lowest BCUT2D eigenvalue weighted by Crippen LogP contribution is -2.28. The molecule has 0 atom stereocenters. The smallest absolute Gasteiger partial charge is 0.296 e. The average molecular weight is 454 g/mol. The minimum atomic E-state index is -0.415. The van der Waals surface area contributed by atoms with Crippen molar-refractivity contribution in [1.29, 1.82) is 0 Å². The first-order valence-electron chi connectivity index (χ1n) is 10.4. The molecule has 0 saturated carbocycles. The lowest BCUT2D eigenvalue weighted by molar-refractivity contribution is 0.482. The second-order valence-electron chi connectivity index (χ2n) is 7.62. The minimum absolute atomic E-state index is 0.246. The van der Waals surface area contributed by atoms with Crippen LogP contribution >= 0.6 is 11.3 Å². The van der Waals surface area contributed by atoms with E-state index >= 15 is 0 Å². The van der Waals surface area contributed by atoms with Crippen molar-refractivity contribution in [2.45, 2.75) is 13.3 Å². The lowest BCUT2D eigenvalue weighted by atomic mass is 10.1. The molecular weight excluding hydrogens is 434 g/mol. The van der Waals surface area contributed by atoms with E-state index < -0.39 is 5.56 Å². The first-order chi connectivity index (χ1) is 16.0. The molecule has 0 spiro atoms. The Morgan fingerprint density at radius 1 is 0.939 bits per heavy atom. The molecule has 0 amide bonds. The number of ether oxygens (including phenoxy) is 1. The largest absolute Gasteiger partial charge is 0.457 e. The SMILES string of the molecule is Cc1ccc(Cc2nn3c(=O)c(=Cc4cccc(Oc5ccccc5)c4)sc3nc2=O)cc1. The van der Waals surface area contributed by atoms with Gasteiger partial charge in [0.15, 0.2) is 0 Å². The fraction of sp³-hybridized carbons (Fsp3) is 0.0769. The number of hydrogen-bond acceptors (Lipinski definition) is 6. The summed E-state index contributed by atoms with van der Waals surface area (Å²) in [6.07, 6.45) is 2.08. The predicted octanol–water partition coefficient (Wildman–Crippen LogP) is 3.75. The van der Waals surface area contributed by atoms with Crippen LogP contribution < -0.4 is 20.4 Å². The van der Waals surface area contributed by atoms with E-state index in [1.54, 1.807) is 6.08 Å². The molecule has 0 N–H and O–H groups in total. The van der Waals surface area contributed by atoms with E-state index in [1.807, 2.05) is 85.8 Å². The fourth-order valence-electron chi connectivity index (χ4n) is 3.39. The zero-order chi connectivity index (χ0) is 22.8. The van der Waals surface area contributed by atoms with Crippen molar-refractivity contribution in [2.75, 3.05) is 0 Å². The summed E-state index contributed by atoms with van der Waals surface area (Å²) < 4.78 is 7.53. The Hall–Kier alpha value is -4.10. The normalized spacial score (nSPS) is 11.7. The number of aromatic nitrogens is 3. The molecule has 6 nitrogen and oxygen atoms in total. The second-order valence-corrected chi connectivity index (χ2v) is 8.63. The van der Waals surface area contributed by atoms with Crippen LogP contribution in [0.25, 0.3) is 11.0 Å². The summed E-state index contributed by atoms with van der Waals surface area (Å²) in [5, 5.41) is 4.32. The van der Waals surface area contributed by atoms with Crippen molar-refractivity contribution < 1.29 is 4.74 Å². The lowest BCUT2D eigenvalue weighted by Gasteiger charge is -2.05. The van der Waals surface area contributed by atoms with Crippen molar-refractivity contribution in [3.8, 4) is 11.5 Å². The maximum Gasteiger partial charge on any atom is 0.296 e. The van der Waals surface area contributed by atoms with Crippen molar-refractivity contribution in [2.24, 2.45) is 0 Å². The van der Waals surface area contributed by atoms with E-state index in [1.165, 1.54) is 4.52 Å². The van der Waals surface area contributed by atoms with Gasteiger partial charge in [-0.3, -0.25) is 9.59 Å². The molecule has 0 bridgehead atoms.